The first-order valence-electron chi connectivity index (χ1n) is 3.17. The van der Waals surface area contributed by atoms with Gasteiger partial charge in [0.1, 0.15) is 10.4 Å². The molecule has 1 aromatic carbocycles. The lowest BCUT2D eigenvalue weighted by atomic mass is 10.3. The number of ether oxygens (including phenoxy) is 1. The number of benzene rings is 1. The van der Waals surface area contributed by atoms with Gasteiger partial charge in [0.05, 0.1) is 11.0 Å². The molecule has 0 unspecified atom stereocenters. The molecule has 0 bridgehead atoms. The highest BCUT2D eigenvalue weighted by Gasteiger charge is 2.05. The Kier molecular flexibility index (Phi) is 3.27. The fraction of sp³-hybridized carbons (Fsp3) is 0.143. The maximum Gasteiger partial charge on any atom is 0.273 e. The summed E-state index contributed by atoms with van der Waals surface area (Å²) >= 11 is 2.03. The number of rotatable bonds is 3. The SMILES string of the molecule is O=[N+]([O-])c1cccc(OCI)c1. The molecule has 0 saturated heterocycles. The van der Waals surface area contributed by atoms with Gasteiger partial charge in [-0.3, -0.25) is 10.1 Å². The Balaban J connectivity index is 2.88. The molecule has 5 heteroatoms. The summed E-state index contributed by atoms with van der Waals surface area (Å²) in [4.78, 5) is 9.86. The molecule has 0 radical (unpaired) electrons. The van der Waals surface area contributed by atoms with Gasteiger partial charge in [-0.2, -0.15) is 0 Å². The molecule has 4 nitrogen and oxygen atoms in total. The van der Waals surface area contributed by atoms with E-state index in [4.69, 9.17) is 4.74 Å². The van der Waals surface area contributed by atoms with E-state index in [1.54, 1.807) is 12.1 Å². The van der Waals surface area contributed by atoms with Gasteiger partial charge in [-0.25, -0.2) is 0 Å². The van der Waals surface area contributed by atoms with E-state index in [0.29, 0.717) is 10.4 Å². The van der Waals surface area contributed by atoms with Gasteiger partial charge in [-0.1, -0.05) is 6.07 Å². The van der Waals surface area contributed by atoms with Crippen molar-refractivity contribution in [2.75, 3.05) is 4.61 Å². The predicted molar refractivity (Wildman–Crippen MR) is 52.6 cm³/mol. The highest BCUT2D eigenvalue weighted by atomic mass is 127. The fourth-order valence-corrected chi connectivity index (χ4v) is 1.11. The van der Waals surface area contributed by atoms with Crippen molar-refractivity contribution < 1.29 is 9.66 Å². The van der Waals surface area contributed by atoms with Gasteiger partial charge in [0.15, 0.2) is 0 Å². The summed E-state index contributed by atoms with van der Waals surface area (Å²) in [6.07, 6.45) is 0. The van der Waals surface area contributed by atoms with Crippen LogP contribution in [0, 0.1) is 10.1 Å². The van der Waals surface area contributed by atoms with Crippen LogP contribution < -0.4 is 4.74 Å². The molecule has 64 valence electrons. The highest BCUT2D eigenvalue weighted by Crippen LogP contribution is 2.19. The number of nitro benzene ring substituents is 1. The van der Waals surface area contributed by atoms with Gasteiger partial charge in [0.25, 0.3) is 5.69 Å². The van der Waals surface area contributed by atoms with E-state index in [2.05, 4.69) is 0 Å². The molecular formula is C7H6INO3. The number of alkyl halides is 1. The molecule has 0 heterocycles. The minimum absolute atomic E-state index is 0.0531. The second-order valence-corrected chi connectivity index (χ2v) is 2.63. The van der Waals surface area contributed by atoms with Crippen LogP contribution >= 0.6 is 22.6 Å². The number of nitrogens with zero attached hydrogens (tertiary/aromatic N) is 1. The van der Waals surface area contributed by atoms with Crippen LogP contribution in [0.4, 0.5) is 5.69 Å². The molecule has 12 heavy (non-hydrogen) atoms. The Hall–Kier alpha value is -0.850. The number of hydrogen-bond donors (Lipinski definition) is 0. The Labute approximate surface area is 82.8 Å². The maximum absolute atomic E-state index is 10.3. The molecule has 0 saturated carbocycles. The summed E-state index contributed by atoms with van der Waals surface area (Å²) in [6, 6.07) is 6.12. The Morgan fingerprint density at radius 2 is 2.33 bits per heavy atom. The van der Waals surface area contributed by atoms with Crippen molar-refractivity contribution in [3.8, 4) is 5.75 Å². The molecule has 0 aromatic heterocycles. The monoisotopic (exact) mass is 279 g/mol. The molecule has 0 amide bonds. The second-order valence-electron chi connectivity index (χ2n) is 2.01. The third-order valence-corrected chi connectivity index (χ3v) is 1.56. The van der Waals surface area contributed by atoms with Gasteiger partial charge >= 0.3 is 0 Å². The van der Waals surface area contributed by atoms with E-state index in [0.717, 1.165) is 0 Å². The maximum atomic E-state index is 10.3. The van der Waals surface area contributed by atoms with Crippen molar-refractivity contribution in [2.24, 2.45) is 0 Å². The number of halogens is 1. The molecule has 0 aliphatic carbocycles. The molecule has 0 aliphatic rings. The highest BCUT2D eigenvalue weighted by molar-refractivity contribution is 14.1. The summed E-state index contributed by atoms with van der Waals surface area (Å²) in [6.45, 7) is 0. The first kappa shape index (κ1) is 9.24. The van der Waals surface area contributed by atoms with Gasteiger partial charge < -0.3 is 4.74 Å². The van der Waals surface area contributed by atoms with Crippen LogP contribution in [-0.4, -0.2) is 9.54 Å². The summed E-state index contributed by atoms with van der Waals surface area (Å²) < 4.78 is 5.56. The van der Waals surface area contributed by atoms with Crippen LogP contribution in [0.5, 0.6) is 5.75 Å². The number of hydrogen-bond acceptors (Lipinski definition) is 3. The van der Waals surface area contributed by atoms with E-state index < -0.39 is 4.92 Å². The van der Waals surface area contributed by atoms with Crippen molar-refractivity contribution in [1.29, 1.82) is 0 Å². The van der Waals surface area contributed by atoms with Crippen molar-refractivity contribution in [3.63, 3.8) is 0 Å². The zero-order valence-corrected chi connectivity index (χ0v) is 8.22. The Morgan fingerprint density at radius 1 is 1.58 bits per heavy atom. The minimum atomic E-state index is -0.444. The zero-order valence-electron chi connectivity index (χ0n) is 6.07. The smallest absolute Gasteiger partial charge is 0.273 e. The average Bonchev–Trinajstić information content (AvgIpc) is 2.05. The van der Waals surface area contributed by atoms with Crippen molar-refractivity contribution >= 4 is 28.3 Å². The summed E-state index contributed by atoms with van der Waals surface area (Å²) in [5.74, 6) is 0.526. The summed E-state index contributed by atoms with van der Waals surface area (Å²) in [5, 5.41) is 10.3. The van der Waals surface area contributed by atoms with Crippen molar-refractivity contribution in [3.05, 3.63) is 34.4 Å². The van der Waals surface area contributed by atoms with Crippen LogP contribution in [0.15, 0.2) is 24.3 Å². The van der Waals surface area contributed by atoms with E-state index in [-0.39, 0.29) is 5.69 Å². The van der Waals surface area contributed by atoms with Crippen LogP contribution in [0.2, 0.25) is 0 Å². The summed E-state index contributed by atoms with van der Waals surface area (Å²) in [5.41, 5.74) is 0.0531. The first-order valence-corrected chi connectivity index (χ1v) is 4.70. The largest absolute Gasteiger partial charge is 0.483 e. The molecule has 0 atom stereocenters. The Bertz CT molecular complexity index is 290. The fourth-order valence-electron chi connectivity index (χ4n) is 0.750. The summed E-state index contributed by atoms with van der Waals surface area (Å²) in [7, 11) is 0. The minimum Gasteiger partial charge on any atom is -0.483 e. The molecule has 1 rings (SSSR count). The lowest BCUT2D eigenvalue weighted by molar-refractivity contribution is -0.384. The van der Waals surface area contributed by atoms with E-state index >= 15 is 0 Å². The first-order chi connectivity index (χ1) is 5.74. The van der Waals surface area contributed by atoms with Gasteiger partial charge in [-0.15, -0.1) is 0 Å². The quantitative estimate of drug-likeness (QED) is 0.369. The van der Waals surface area contributed by atoms with Gasteiger partial charge in [0.2, 0.25) is 0 Å². The van der Waals surface area contributed by atoms with Crippen LogP contribution in [0.25, 0.3) is 0 Å². The molecule has 0 spiro atoms. The van der Waals surface area contributed by atoms with Gasteiger partial charge in [0, 0.05) is 6.07 Å². The molecule has 0 aliphatic heterocycles. The topological polar surface area (TPSA) is 52.4 Å². The third-order valence-electron chi connectivity index (χ3n) is 1.25. The standard InChI is InChI=1S/C7H6INO3/c8-5-12-7-3-1-2-6(4-7)9(10)11/h1-4H,5H2. The third kappa shape index (κ3) is 2.33. The molecule has 1 aromatic rings. The number of non-ortho nitro benzene ring substituents is 1. The predicted octanol–water partition coefficient (Wildman–Crippen LogP) is 2.37. The molecule has 0 N–H and O–H groups in total. The normalized spacial score (nSPS) is 9.42. The van der Waals surface area contributed by atoms with Crippen molar-refractivity contribution in [2.45, 2.75) is 0 Å². The van der Waals surface area contributed by atoms with Crippen LogP contribution in [0.3, 0.4) is 0 Å². The van der Waals surface area contributed by atoms with Crippen LogP contribution in [-0.2, 0) is 0 Å². The molecule has 0 fully saturated rings. The van der Waals surface area contributed by atoms with E-state index in [9.17, 15) is 10.1 Å². The second kappa shape index (κ2) is 4.24. The van der Waals surface area contributed by atoms with Gasteiger partial charge in [-0.05, 0) is 28.7 Å². The zero-order chi connectivity index (χ0) is 8.97. The lowest BCUT2D eigenvalue weighted by Gasteiger charge is -1.99. The molecular weight excluding hydrogens is 273 g/mol. The van der Waals surface area contributed by atoms with E-state index in [1.807, 2.05) is 22.6 Å². The Morgan fingerprint density at radius 3 is 2.92 bits per heavy atom. The average molecular weight is 279 g/mol. The lowest BCUT2D eigenvalue weighted by Crippen LogP contribution is -1.91. The number of nitro groups is 1. The van der Waals surface area contributed by atoms with Crippen LogP contribution in [0.1, 0.15) is 0 Å². The van der Waals surface area contributed by atoms with E-state index in [1.165, 1.54) is 12.1 Å². The van der Waals surface area contributed by atoms with Crippen molar-refractivity contribution in [1.82, 2.24) is 0 Å².